The predicted octanol–water partition coefficient (Wildman–Crippen LogP) is 1.75. The second kappa shape index (κ2) is 17.8. The summed E-state index contributed by atoms with van der Waals surface area (Å²) in [4.78, 5) is 0.208. The van der Waals surface area contributed by atoms with Crippen molar-refractivity contribution in [2.24, 2.45) is 0 Å². The summed E-state index contributed by atoms with van der Waals surface area (Å²) in [6.07, 6.45) is 0. The van der Waals surface area contributed by atoms with Crippen molar-refractivity contribution in [2.75, 3.05) is 46.2 Å². The molecule has 0 radical (unpaired) electrons. The third kappa shape index (κ3) is 16.2. The Hall–Kier alpha value is -1.03. The zero-order chi connectivity index (χ0) is 19.6. The Morgan fingerprint density at radius 1 is 0.840 bits per heavy atom. The molecule has 1 aromatic carbocycles. The quantitative estimate of drug-likeness (QED) is 0.497. The van der Waals surface area contributed by atoms with Gasteiger partial charge in [0.1, 0.15) is 0 Å². The van der Waals surface area contributed by atoms with Crippen LogP contribution >= 0.6 is 0 Å². The largest absolute Gasteiger partial charge is 0.394 e. The first-order chi connectivity index (χ1) is 11.9. The Morgan fingerprint density at radius 3 is 1.64 bits per heavy atom. The molecule has 0 unspecified atom stereocenters. The summed E-state index contributed by atoms with van der Waals surface area (Å²) in [5.74, 6) is 0. The van der Waals surface area contributed by atoms with E-state index in [-0.39, 0.29) is 24.7 Å². The third-order valence-corrected chi connectivity index (χ3v) is 3.86. The topological polar surface area (TPSA) is 102 Å². The highest BCUT2D eigenvalue weighted by atomic mass is 32.2. The monoisotopic (exact) mass is 380 g/mol. The number of hydrogen-bond acceptors (Lipinski definition) is 7. The van der Waals surface area contributed by atoms with Crippen molar-refractivity contribution in [3.63, 3.8) is 0 Å². The van der Waals surface area contributed by atoms with E-state index in [9.17, 15) is 8.42 Å². The maximum absolute atomic E-state index is 11.3. The normalized spacial score (nSPS) is 10.3. The third-order valence-electron chi connectivity index (χ3n) is 2.46. The summed E-state index contributed by atoms with van der Waals surface area (Å²) >= 11 is 0. The van der Waals surface area contributed by atoms with Crippen LogP contribution in [0.1, 0.15) is 26.3 Å². The molecule has 0 bridgehead atoms. The standard InChI is InChI=1S/C9H12O3S.C4H10O3.C4H10O/c1-3-12-13(10,11)9-6-4-8(2)5-7-9;5-1-3-7-4-2-6;1-3-5-4-2/h4-7H,3H2,1-2H3;5-6H,1-4H2;3-4H2,1-2H3. The van der Waals surface area contributed by atoms with Gasteiger partial charge in [-0.3, -0.25) is 4.18 Å². The zero-order valence-electron chi connectivity index (χ0n) is 15.6. The number of rotatable bonds is 9. The van der Waals surface area contributed by atoms with Gasteiger partial charge in [-0.1, -0.05) is 17.7 Å². The molecule has 8 heteroatoms. The number of hydrogen-bond donors (Lipinski definition) is 2. The SMILES string of the molecule is CCOCC.CCOS(=O)(=O)c1ccc(C)cc1.OCCOCCO. The van der Waals surface area contributed by atoms with Crippen molar-refractivity contribution < 1.29 is 32.3 Å². The Morgan fingerprint density at radius 2 is 1.32 bits per heavy atom. The highest BCUT2D eigenvalue weighted by molar-refractivity contribution is 7.86. The molecule has 0 amide bonds. The van der Waals surface area contributed by atoms with E-state index in [1.807, 2.05) is 20.8 Å². The van der Waals surface area contributed by atoms with Gasteiger partial charge in [-0.2, -0.15) is 8.42 Å². The van der Waals surface area contributed by atoms with E-state index in [1.54, 1.807) is 31.2 Å². The molecule has 0 saturated heterocycles. The first-order valence-electron chi connectivity index (χ1n) is 8.22. The molecule has 0 aliphatic rings. The van der Waals surface area contributed by atoms with E-state index in [4.69, 9.17) is 14.9 Å². The second-order valence-electron chi connectivity index (χ2n) is 4.51. The van der Waals surface area contributed by atoms with E-state index in [2.05, 4.69) is 8.92 Å². The lowest BCUT2D eigenvalue weighted by atomic mass is 10.2. The van der Waals surface area contributed by atoms with Gasteiger partial charge in [-0.15, -0.1) is 0 Å². The van der Waals surface area contributed by atoms with Gasteiger partial charge in [0.15, 0.2) is 0 Å². The summed E-state index contributed by atoms with van der Waals surface area (Å²) in [6.45, 7) is 10.1. The van der Waals surface area contributed by atoms with Crippen LogP contribution in [0.15, 0.2) is 29.2 Å². The summed E-state index contributed by atoms with van der Waals surface area (Å²) in [6, 6.07) is 6.57. The van der Waals surface area contributed by atoms with Gasteiger partial charge in [0.2, 0.25) is 0 Å². The van der Waals surface area contributed by atoms with Crippen LogP contribution in [0, 0.1) is 6.92 Å². The fraction of sp³-hybridized carbons (Fsp3) is 0.647. The molecule has 1 aromatic rings. The summed E-state index contributed by atoms with van der Waals surface area (Å²) < 4.78 is 36.7. The van der Waals surface area contributed by atoms with E-state index >= 15 is 0 Å². The molecule has 25 heavy (non-hydrogen) atoms. The summed E-state index contributed by atoms with van der Waals surface area (Å²) in [5.41, 5.74) is 1.02. The van der Waals surface area contributed by atoms with Crippen molar-refractivity contribution >= 4 is 10.1 Å². The van der Waals surface area contributed by atoms with E-state index in [0.29, 0.717) is 13.2 Å². The molecule has 0 aromatic heterocycles. The fourth-order valence-electron chi connectivity index (χ4n) is 1.36. The molecular weight excluding hydrogens is 348 g/mol. The summed E-state index contributed by atoms with van der Waals surface area (Å²) in [5, 5.41) is 16.2. The molecule has 0 spiro atoms. The number of ether oxygens (including phenoxy) is 2. The number of benzene rings is 1. The van der Waals surface area contributed by atoms with Crippen molar-refractivity contribution in [3.8, 4) is 0 Å². The molecule has 0 fully saturated rings. The molecule has 2 N–H and O–H groups in total. The minimum absolute atomic E-state index is 0.0278. The van der Waals surface area contributed by atoms with Gasteiger partial charge in [0.05, 0.1) is 37.9 Å². The van der Waals surface area contributed by atoms with Crippen LogP contribution in [0.2, 0.25) is 0 Å². The molecule has 0 aliphatic heterocycles. The van der Waals surface area contributed by atoms with Crippen LogP contribution in [0.3, 0.4) is 0 Å². The smallest absolute Gasteiger partial charge is 0.296 e. The number of aliphatic hydroxyl groups is 2. The minimum atomic E-state index is -3.53. The van der Waals surface area contributed by atoms with Crippen molar-refractivity contribution in [1.82, 2.24) is 0 Å². The molecule has 7 nitrogen and oxygen atoms in total. The van der Waals surface area contributed by atoms with Crippen LogP contribution in [-0.4, -0.2) is 64.9 Å². The van der Waals surface area contributed by atoms with Crippen LogP contribution in [0.5, 0.6) is 0 Å². The lowest BCUT2D eigenvalue weighted by Crippen LogP contribution is -2.05. The van der Waals surface area contributed by atoms with Crippen LogP contribution in [0.4, 0.5) is 0 Å². The maximum atomic E-state index is 11.3. The zero-order valence-corrected chi connectivity index (χ0v) is 16.4. The molecular formula is C17H32O7S. The lowest BCUT2D eigenvalue weighted by Gasteiger charge is -2.02. The average Bonchev–Trinajstić information content (AvgIpc) is 2.58. The van der Waals surface area contributed by atoms with Crippen molar-refractivity contribution in [1.29, 1.82) is 0 Å². The Bertz CT molecular complexity index is 480. The average molecular weight is 381 g/mol. The van der Waals surface area contributed by atoms with Crippen LogP contribution < -0.4 is 0 Å². The predicted molar refractivity (Wildman–Crippen MR) is 97.1 cm³/mol. The Balaban J connectivity index is 0. The van der Waals surface area contributed by atoms with E-state index in [0.717, 1.165) is 18.8 Å². The summed E-state index contributed by atoms with van der Waals surface area (Å²) in [7, 11) is -3.53. The first-order valence-corrected chi connectivity index (χ1v) is 9.63. The Kier molecular flexibility index (Phi) is 18.6. The highest BCUT2D eigenvalue weighted by Crippen LogP contribution is 2.12. The number of aliphatic hydroxyl groups excluding tert-OH is 2. The van der Waals surface area contributed by atoms with Crippen molar-refractivity contribution in [3.05, 3.63) is 29.8 Å². The van der Waals surface area contributed by atoms with Gasteiger partial charge in [0.25, 0.3) is 10.1 Å². The van der Waals surface area contributed by atoms with Gasteiger partial charge < -0.3 is 19.7 Å². The highest BCUT2D eigenvalue weighted by Gasteiger charge is 2.12. The molecule has 148 valence electrons. The van der Waals surface area contributed by atoms with Gasteiger partial charge in [-0.25, -0.2) is 0 Å². The lowest BCUT2D eigenvalue weighted by molar-refractivity contribution is 0.0650. The molecule has 0 heterocycles. The molecule has 1 rings (SSSR count). The molecule has 0 saturated carbocycles. The van der Waals surface area contributed by atoms with Gasteiger partial charge >= 0.3 is 0 Å². The van der Waals surface area contributed by atoms with Crippen LogP contribution in [0.25, 0.3) is 0 Å². The Labute approximate surface area is 151 Å². The van der Waals surface area contributed by atoms with Gasteiger partial charge in [0, 0.05) is 13.2 Å². The maximum Gasteiger partial charge on any atom is 0.296 e. The number of aryl methyl sites for hydroxylation is 1. The van der Waals surface area contributed by atoms with E-state index in [1.165, 1.54) is 0 Å². The molecule has 0 atom stereocenters. The van der Waals surface area contributed by atoms with Crippen LogP contribution in [-0.2, 0) is 23.8 Å². The minimum Gasteiger partial charge on any atom is -0.394 e. The molecule has 0 aliphatic carbocycles. The fourth-order valence-corrected chi connectivity index (χ4v) is 2.28. The van der Waals surface area contributed by atoms with E-state index < -0.39 is 10.1 Å². The second-order valence-corrected chi connectivity index (χ2v) is 6.13. The van der Waals surface area contributed by atoms with Crippen molar-refractivity contribution in [2.45, 2.75) is 32.6 Å². The van der Waals surface area contributed by atoms with Gasteiger partial charge in [-0.05, 0) is 39.8 Å². The first kappa shape index (κ1) is 26.2.